The lowest BCUT2D eigenvalue weighted by Crippen LogP contribution is -2.20. The Morgan fingerprint density at radius 2 is 2.36 bits per heavy atom. The Hall–Kier alpha value is -1.12. The lowest BCUT2D eigenvalue weighted by Gasteiger charge is -2.02. The highest BCUT2D eigenvalue weighted by Crippen LogP contribution is 2.16. The van der Waals surface area contributed by atoms with Gasteiger partial charge in [0.25, 0.3) is 5.56 Å². The van der Waals surface area contributed by atoms with Crippen LogP contribution in [0.25, 0.3) is 0 Å². The predicted octanol–water partition coefficient (Wildman–Crippen LogP) is 0.269. The van der Waals surface area contributed by atoms with Crippen molar-refractivity contribution < 1.29 is 0 Å². The molecule has 0 amide bonds. The molecular weight excluding hydrogens is 140 g/mol. The summed E-state index contributed by atoms with van der Waals surface area (Å²) < 4.78 is 1.70. The molecule has 0 saturated carbocycles. The number of rotatable bonds is 0. The largest absolute Gasteiger partial charge is 0.313 e. The van der Waals surface area contributed by atoms with E-state index in [0.717, 1.165) is 30.7 Å². The first-order valence-corrected chi connectivity index (χ1v) is 3.83. The molecule has 0 aliphatic heterocycles. The Bertz CT molecular complexity index is 340. The molecule has 1 heterocycles. The van der Waals surface area contributed by atoms with E-state index < -0.39 is 0 Å². The molecule has 1 aromatic rings. The van der Waals surface area contributed by atoms with E-state index in [0.29, 0.717) is 0 Å². The Kier molecular flexibility index (Phi) is 1.31. The SMILES string of the molecule is Cn1c2c(ncc1=O)CCC2. The zero-order valence-corrected chi connectivity index (χ0v) is 6.50. The van der Waals surface area contributed by atoms with Crippen LogP contribution < -0.4 is 5.56 Å². The van der Waals surface area contributed by atoms with E-state index in [4.69, 9.17) is 0 Å². The maximum absolute atomic E-state index is 11.1. The van der Waals surface area contributed by atoms with Gasteiger partial charge in [-0.3, -0.25) is 9.78 Å². The van der Waals surface area contributed by atoms with Gasteiger partial charge in [0.05, 0.1) is 11.9 Å². The van der Waals surface area contributed by atoms with Crippen molar-refractivity contribution in [1.29, 1.82) is 0 Å². The molecular formula is C8H10N2O. The smallest absolute Gasteiger partial charge is 0.268 e. The van der Waals surface area contributed by atoms with Gasteiger partial charge >= 0.3 is 0 Å². The lowest BCUT2D eigenvalue weighted by atomic mass is 10.3. The van der Waals surface area contributed by atoms with E-state index in [2.05, 4.69) is 4.98 Å². The molecule has 0 bridgehead atoms. The molecule has 0 radical (unpaired) electrons. The Labute approximate surface area is 64.7 Å². The number of hydrogen-bond donors (Lipinski definition) is 0. The van der Waals surface area contributed by atoms with Crippen LogP contribution in [0.4, 0.5) is 0 Å². The summed E-state index contributed by atoms with van der Waals surface area (Å²) in [6.07, 6.45) is 4.59. The molecule has 2 rings (SSSR count). The van der Waals surface area contributed by atoms with Crippen molar-refractivity contribution in [3.8, 4) is 0 Å². The molecule has 0 unspecified atom stereocenters. The highest BCUT2D eigenvalue weighted by atomic mass is 16.1. The topological polar surface area (TPSA) is 34.9 Å². The lowest BCUT2D eigenvalue weighted by molar-refractivity contribution is 0.768. The van der Waals surface area contributed by atoms with E-state index >= 15 is 0 Å². The van der Waals surface area contributed by atoms with E-state index in [1.165, 1.54) is 6.20 Å². The molecule has 3 heteroatoms. The van der Waals surface area contributed by atoms with Gasteiger partial charge in [-0.15, -0.1) is 0 Å². The fraction of sp³-hybridized carbons (Fsp3) is 0.500. The number of hydrogen-bond acceptors (Lipinski definition) is 2. The third kappa shape index (κ3) is 0.878. The van der Waals surface area contributed by atoms with Crippen LogP contribution >= 0.6 is 0 Å². The second kappa shape index (κ2) is 2.19. The normalized spacial score (nSPS) is 15.0. The molecule has 1 aromatic heterocycles. The van der Waals surface area contributed by atoms with Crippen molar-refractivity contribution in [2.45, 2.75) is 19.3 Å². The molecule has 1 aliphatic rings. The minimum Gasteiger partial charge on any atom is -0.313 e. The average Bonchev–Trinajstić information content (AvgIpc) is 2.45. The molecule has 0 spiro atoms. The van der Waals surface area contributed by atoms with Crippen LogP contribution in [0.1, 0.15) is 17.8 Å². The highest BCUT2D eigenvalue weighted by Gasteiger charge is 2.14. The summed E-state index contributed by atoms with van der Waals surface area (Å²) in [5.74, 6) is 0. The summed E-state index contributed by atoms with van der Waals surface area (Å²) in [5.41, 5.74) is 2.23. The Morgan fingerprint density at radius 1 is 1.55 bits per heavy atom. The van der Waals surface area contributed by atoms with Crippen molar-refractivity contribution in [3.63, 3.8) is 0 Å². The average molecular weight is 150 g/mol. The van der Waals surface area contributed by atoms with Gasteiger partial charge in [0.2, 0.25) is 0 Å². The van der Waals surface area contributed by atoms with Crippen LogP contribution in [0.3, 0.4) is 0 Å². The van der Waals surface area contributed by atoms with Crippen LogP contribution in [0.2, 0.25) is 0 Å². The zero-order chi connectivity index (χ0) is 7.84. The molecule has 58 valence electrons. The standard InChI is InChI=1S/C8H10N2O/c1-10-7-4-2-3-6(7)9-5-8(10)11/h5H,2-4H2,1H3. The number of nitrogens with zero attached hydrogens (tertiary/aromatic N) is 2. The number of aryl methyl sites for hydroxylation is 1. The maximum Gasteiger partial charge on any atom is 0.268 e. The third-order valence-corrected chi connectivity index (χ3v) is 2.23. The Balaban J connectivity index is 2.72. The number of aromatic nitrogens is 2. The van der Waals surface area contributed by atoms with Crippen LogP contribution in [0, 0.1) is 0 Å². The van der Waals surface area contributed by atoms with E-state index in [1.807, 2.05) is 7.05 Å². The summed E-state index contributed by atoms with van der Waals surface area (Å²) in [6, 6.07) is 0. The van der Waals surface area contributed by atoms with E-state index in [1.54, 1.807) is 4.57 Å². The minimum absolute atomic E-state index is 0.00523. The molecule has 0 atom stereocenters. The molecule has 0 saturated heterocycles. The van der Waals surface area contributed by atoms with Gasteiger partial charge in [-0.2, -0.15) is 0 Å². The van der Waals surface area contributed by atoms with Gasteiger partial charge in [-0.25, -0.2) is 0 Å². The molecule has 1 aliphatic carbocycles. The van der Waals surface area contributed by atoms with Gasteiger partial charge in [0.15, 0.2) is 0 Å². The first kappa shape index (κ1) is 6.58. The molecule has 0 fully saturated rings. The predicted molar refractivity (Wildman–Crippen MR) is 41.5 cm³/mol. The molecule has 0 N–H and O–H groups in total. The van der Waals surface area contributed by atoms with Crippen molar-refractivity contribution >= 4 is 0 Å². The molecule has 0 aromatic carbocycles. The molecule has 3 nitrogen and oxygen atoms in total. The monoisotopic (exact) mass is 150 g/mol. The minimum atomic E-state index is 0.00523. The van der Waals surface area contributed by atoms with Crippen LogP contribution in [0.5, 0.6) is 0 Å². The quantitative estimate of drug-likeness (QED) is 0.532. The number of fused-ring (bicyclic) bond motifs is 1. The Morgan fingerprint density at radius 3 is 3.18 bits per heavy atom. The summed E-state index contributed by atoms with van der Waals surface area (Å²) in [6.45, 7) is 0. The first-order chi connectivity index (χ1) is 5.29. The van der Waals surface area contributed by atoms with Crippen molar-refractivity contribution in [3.05, 3.63) is 27.9 Å². The van der Waals surface area contributed by atoms with Crippen molar-refractivity contribution in [2.24, 2.45) is 7.05 Å². The van der Waals surface area contributed by atoms with Gasteiger partial charge < -0.3 is 4.57 Å². The van der Waals surface area contributed by atoms with E-state index in [9.17, 15) is 4.79 Å². The zero-order valence-electron chi connectivity index (χ0n) is 6.50. The van der Waals surface area contributed by atoms with Gasteiger partial charge in [0, 0.05) is 12.7 Å². The van der Waals surface area contributed by atoms with Gasteiger partial charge in [0.1, 0.15) is 0 Å². The fourth-order valence-corrected chi connectivity index (χ4v) is 1.56. The van der Waals surface area contributed by atoms with Gasteiger partial charge in [-0.1, -0.05) is 0 Å². The van der Waals surface area contributed by atoms with E-state index in [-0.39, 0.29) is 5.56 Å². The summed E-state index contributed by atoms with van der Waals surface area (Å²) in [5, 5.41) is 0. The maximum atomic E-state index is 11.1. The summed E-state index contributed by atoms with van der Waals surface area (Å²) in [4.78, 5) is 15.2. The second-order valence-corrected chi connectivity index (χ2v) is 2.90. The van der Waals surface area contributed by atoms with Crippen LogP contribution in [0.15, 0.2) is 11.0 Å². The van der Waals surface area contributed by atoms with Crippen LogP contribution in [-0.2, 0) is 19.9 Å². The van der Waals surface area contributed by atoms with Gasteiger partial charge in [-0.05, 0) is 19.3 Å². The van der Waals surface area contributed by atoms with Crippen molar-refractivity contribution in [1.82, 2.24) is 9.55 Å². The summed E-state index contributed by atoms with van der Waals surface area (Å²) >= 11 is 0. The first-order valence-electron chi connectivity index (χ1n) is 3.83. The van der Waals surface area contributed by atoms with Crippen molar-refractivity contribution in [2.75, 3.05) is 0 Å². The highest BCUT2D eigenvalue weighted by molar-refractivity contribution is 5.17. The van der Waals surface area contributed by atoms with Crippen LogP contribution in [-0.4, -0.2) is 9.55 Å². The fourth-order valence-electron chi connectivity index (χ4n) is 1.56. The molecule has 11 heavy (non-hydrogen) atoms. The second-order valence-electron chi connectivity index (χ2n) is 2.90. The summed E-state index contributed by atoms with van der Waals surface area (Å²) in [7, 11) is 1.81. The third-order valence-electron chi connectivity index (χ3n) is 2.23.